The molecule has 0 aliphatic carbocycles. The summed E-state index contributed by atoms with van der Waals surface area (Å²) in [5.41, 5.74) is 5.16. The zero-order valence-corrected chi connectivity index (χ0v) is 12.2. The quantitative estimate of drug-likeness (QED) is 0.662. The Balaban J connectivity index is 0. The van der Waals surface area contributed by atoms with Gasteiger partial charge in [0.15, 0.2) is 5.78 Å². The first-order chi connectivity index (χ1) is 8.16. The molecule has 0 bridgehead atoms. The Labute approximate surface area is 118 Å². The molecular formula is C11H21ClN2O5. The summed E-state index contributed by atoms with van der Waals surface area (Å²) in [5, 5.41) is 11.0. The Kier molecular flexibility index (Phi) is 9.37. The monoisotopic (exact) mass is 296 g/mol. The number of cyclic esters (lactones) is 1. The molecular weight excluding hydrogens is 276 g/mol. The lowest BCUT2D eigenvalue weighted by Gasteiger charge is -2.08. The van der Waals surface area contributed by atoms with Crippen LogP contribution < -0.4 is 11.1 Å². The van der Waals surface area contributed by atoms with Crippen molar-refractivity contribution in [1.29, 1.82) is 0 Å². The van der Waals surface area contributed by atoms with Crippen molar-refractivity contribution >= 4 is 30.1 Å². The van der Waals surface area contributed by atoms with E-state index in [9.17, 15) is 14.4 Å². The van der Waals surface area contributed by atoms with Crippen molar-refractivity contribution < 1.29 is 24.2 Å². The van der Waals surface area contributed by atoms with Crippen LogP contribution in [0.5, 0.6) is 0 Å². The second-order valence-corrected chi connectivity index (χ2v) is 4.22. The number of nitrogens with two attached hydrogens (primary N) is 1. The second-order valence-electron chi connectivity index (χ2n) is 4.22. The maximum atomic E-state index is 10.7. The largest absolute Gasteiger partial charge is 0.444 e. The molecule has 0 aromatic heterocycles. The van der Waals surface area contributed by atoms with Crippen molar-refractivity contribution in [2.75, 3.05) is 0 Å². The van der Waals surface area contributed by atoms with Crippen LogP contribution >= 0.6 is 12.4 Å². The fourth-order valence-corrected chi connectivity index (χ4v) is 1.29. The third-order valence-electron chi connectivity index (χ3n) is 2.46. The molecule has 1 saturated heterocycles. The van der Waals surface area contributed by atoms with E-state index in [1.165, 1.54) is 20.8 Å². The molecule has 0 saturated carbocycles. The maximum Gasteiger partial charge on any atom is 0.408 e. The average molecular weight is 297 g/mol. The molecule has 0 radical (unpaired) electrons. The van der Waals surface area contributed by atoms with E-state index in [1.807, 2.05) is 0 Å². The van der Waals surface area contributed by atoms with Crippen LogP contribution in [0, 0.1) is 0 Å². The number of hydrogen-bond donors (Lipinski definition) is 3. The molecule has 4 N–H and O–H groups in total. The van der Waals surface area contributed by atoms with E-state index >= 15 is 0 Å². The predicted octanol–water partition coefficient (Wildman–Crippen LogP) is -0.222. The molecule has 1 aliphatic rings. The SMILES string of the molecule is CC(=O)[C@@H](N)[C@@H](C)O.CC(=O)[C@H]1NC(=O)O[C@@H]1C.Cl. The topological polar surface area (TPSA) is 119 Å². The number of ether oxygens (including phenoxy) is 1. The summed E-state index contributed by atoms with van der Waals surface area (Å²) in [6.45, 7) is 5.96. The van der Waals surface area contributed by atoms with Gasteiger partial charge in [-0.2, -0.15) is 0 Å². The van der Waals surface area contributed by atoms with Crippen molar-refractivity contribution in [3.8, 4) is 0 Å². The van der Waals surface area contributed by atoms with Crippen LogP contribution in [-0.4, -0.2) is 47.1 Å². The minimum Gasteiger partial charge on any atom is -0.444 e. The smallest absolute Gasteiger partial charge is 0.408 e. The third kappa shape index (κ3) is 7.09. The Hall–Kier alpha value is -1.18. The number of nitrogens with one attached hydrogen (secondary N) is 1. The first-order valence-corrected chi connectivity index (χ1v) is 5.58. The lowest BCUT2D eigenvalue weighted by molar-refractivity contribution is -0.120. The van der Waals surface area contributed by atoms with Crippen molar-refractivity contribution in [3.05, 3.63) is 0 Å². The normalized spacial score (nSPS) is 23.8. The Morgan fingerprint density at radius 1 is 1.42 bits per heavy atom. The number of carbonyl (C=O) groups excluding carboxylic acids is 3. The number of aliphatic hydroxyl groups excluding tert-OH is 1. The van der Waals surface area contributed by atoms with E-state index in [0.29, 0.717) is 0 Å². The standard InChI is InChI=1S/C6H9NO3.C5H11NO2.ClH/c1-3(8)5-4(2)10-6(9)7-5;1-3(7)5(6)4(2)8;/h4-5H,1-2H3,(H,7,9);3,5,7H,6H2,1-2H3;1H/t4-,5-;3-,5+;/m11./s1. The lowest BCUT2D eigenvalue weighted by atomic mass is 10.1. The van der Waals surface area contributed by atoms with Crippen LogP contribution in [0.15, 0.2) is 0 Å². The van der Waals surface area contributed by atoms with E-state index in [0.717, 1.165) is 0 Å². The maximum absolute atomic E-state index is 10.7. The fourth-order valence-electron chi connectivity index (χ4n) is 1.29. The zero-order chi connectivity index (χ0) is 14.5. The summed E-state index contributed by atoms with van der Waals surface area (Å²) in [4.78, 5) is 31.5. The van der Waals surface area contributed by atoms with E-state index in [1.54, 1.807) is 6.92 Å². The highest BCUT2D eigenvalue weighted by Crippen LogP contribution is 2.07. The van der Waals surface area contributed by atoms with Gasteiger partial charge in [-0.05, 0) is 27.7 Å². The predicted molar refractivity (Wildman–Crippen MR) is 71.1 cm³/mol. The van der Waals surface area contributed by atoms with Crippen LogP contribution in [0.4, 0.5) is 4.79 Å². The number of hydrogen-bond acceptors (Lipinski definition) is 6. The zero-order valence-electron chi connectivity index (χ0n) is 11.4. The molecule has 112 valence electrons. The van der Waals surface area contributed by atoms with E-state index in [2.05, 4.69) is 10.1 Å². The average Bonchev–Trinajstić information content (AvgIpc) is 2.57. The number of halogens is 1. The van der Waals surface area contributed by atoms with Gasteiger partial charge in [0.2, 0.25) is 0 Å². The molecule has 4 atom stereocenters. The van der Waals surface area contributed by atoms with Gasteiger partial charge in [0.25, 0.3) is 0 Å². The van der Waals surface area contributed by atoms with Crippen molar-refractivity contribution in [3.63, 3.8) is 0 Å². The van der Waals surface area contributed by atoms with E-state index < -0.39 is 24.3 Å². The molecule has 0 aromatic rings. The van der Waals surface area contributed by atoms with Gasteiger partial charge in [0, 0.05) is 0 Å². The number of Topliss-reactive ketones (excluding diaryl/α,β-unsaturated/α-hetero) is 2. The van der Waals surface area contributed by atoms with Crippen molar-refractivity contribution in [2.45, 2.75) is 52.0 Å². The first kappa shape index (κ1) is 20.1. The third-order valence-corrected chi connectivity index (χ3v) is 2.46. The minimum absolute atomic E-state index is 0. The summed E-state index contributed by atoms with van der Waals surface area (Å²) in [6.07, 6.45) is -1.56. The van der Waals surface area contributed by atoms with Crippen LogP contribution in [0.3, 0.4) is 0 Å². The molecule has 0 aromatic carbocycles. The number of carbonyl (C=O) groups is 3. The number of ketones is 2. The molecule has 0 spiro atoms. The highest BCUT2D eigenvalue weighted by molar-refractivity contribution is 5.88. The summed E-state index contributed by atoms with van der Waals surface area (Å²) in [6, 6.07) is -1.16. The van der Waals surface area contributed by atoms with Crippen LogP contribution in [0.1, 0.15) is 27.7 Å². The first-order valence-electron chi connectivity index (χ1n) is 5.58. The van der Waals surface area contributed by atoms with Crippen LogP contribution in [0.25, 0.3) is 0 Å². The molecule has 1 rings (SSSR count). The van der Waals surface area contributed by atoms with E-state index in [4.69, 9.17) is 10.8 Å². The molecule has 7 nitrogen and oxygen atoms in total. The number of alkyl carbamates (subject to hydrolysis) is 1. The number of aliphatic hydroxyl groups is 1. The van der Waals surface area contributed by atoms with Gasteiger partial charge in [-0.1, -0.05) is 0 Å². The Bertz CT molecular complexity index is 335. The van der Waals surface area contributed by atoms with Gasteiger partial charge in [-0.25, -0.2) is 4.79 Å². The Morgan fingerprint density at radius 2 is 1.89 bits per heavy atom. The molecule has 1 aliphatic heterocycles. The van der Waals surface area contributed by atoms with E-state index in [-0.39, 0.29) is 30.1 Å². The van der Waals surface area contributed by atoms with Crippen molar-refractivity contribution in [1.82, 2.24) is 5.32 Å². The van der Waals surface area contributed by atoms with Gasteiger partial charge in [-0.15, -0.1) is 12.4 Å². The summed E-state index contributed by atoms with van der Waals surface area (Å²) >= 11 is 0. The summed E-state index contributed by atoms with van der Waals surface area (Å²) < 4.78 is 4.66. The van der Waals surface area contributed by atoms with Gasteiger partial charge in [0.05, 0.1) is 12.1 Å². The minimum atomic E-state index is -0.729. The summed E-state index contributed by atoms with van der Waals surface area (Å²) in [5.74, 6) is -0.252. The fraction of sp³-hybridized carbons (Fsp3) is 0.727. The van der Waals surface area contributed by atoms with Crippen molar-refractivity contribution in [2.24, 2.45) is 5.73 Å². The summed E-state index contributed by atoms with van der Waals surface area (Å²) in [7, 11) is 0. The van der Waals surface area contributed by atoms with Gasteiger partial charge >= 0.3 is 6.09 Å². The highest BCUT2D eigenvalue weighted by atomic mass is 35.5. The second kappa shape index (κ2) is 8.84. The van der Waals surface area contributed by atoms with Gasteiger partial charge < -0.3 is 20.9 Å². The van der Waals surface area contributed by atoms with Gasteiger partial charge in [-0.3, -0.25) is 9.59 Å². The molecule has 0 unspecified atom stereocenters. The van der Waals surface area contributed by atoms with Crippen LogP contribution in [-0.2, 0) is 14.3 Å². The number of amides is 1. The molecule has 1 fully saturated rings. The Morgan fingerprint density at radius 3 is 2.00 bits per heavy atom. The number of rotatable bonds is 3. The highest BCUT2D eigenvalue weighted by Gasteiger charge is 2.33. The van der Waals surface area contributed by atoms with Crippen LogP contribution in [0.2, 0.25) is 0 Å². The molecule has 19 heavy (non-hydrogen) atoms. The molecule has 1 amide bonds. The molecule has 8 heteroatoms. The molecule has 1 heterocycles. The van der Waals surface area contributed by atoms with Gasteiger partial charge in [0.1, 0.15) is 17.9 Å². The lowest BCUT2D eigenvalue weighted by Crippen LogP contribution is -2.38.